The van der Waals surface area contributed by atoms with E-state index in [9.17, 15) is 0 Å². The van der Waals surface area contributed by atoms with Crippen LogP contribution in [0.4, 0.5) is 0 Å². The maximum absolute atomic E-state index is 4.50. The van der Waals surface area contributed by atoms with Gasteiger partial charge in [0.25, 0.3) is 0 Å². The molecular formula is C2H8ClNO. The minimum absolute atomic E-state index is 0. The Labute approximate surface area is 37.5 Å². The highest BCUT2D eigenvalue weighted by Crippen LogP contribution is 1.84. The van der Waals surface area contributed by atoms with Gasteiger partial charge in [0.15, 0.2) is 0 Å². The van der Waals surface area contributed by atoms with Crippen LogP contribution in [0, 0.1) is 0 Å². The first-order chi connectivity index (χ1) is 1.50. The number of epoxide rings is 1. The zero-order valence-corrected chi connectivity index (χ0v) is 3.96. The largest absolute Gasteiger partial charge is 1.00 e. The summed E-state index contributed by atoms with van der Waals surface area (Å²) >= 11 is 0. The van der Waals surface area contributed by atoms with Gasteiger partial charge in [-0.1, -0.05) is 0 Å². The standard InChI is InChI=1S/C2H4O.ClH.H3N/c1-2-3-1;;/h1-2H2;1H;1H3. The third-order valence-corrected chi connectivity index (χ3v) is 0.204. The second-order valence-electron chi connectivity index (χ2n) is 0.612. The molecule has 4 N–H and O–H groups in total. The summed E-state index contributed by atoms with van der Waals surface area (Å²) in [4.78, 5) is 0. The molecule has 0 radical (unpaired) electrons. The number of ether oxygens (including phenoxy) is 1. The lowest BCUT2D eigenvalue weighted by Gasteiger charge is -1.24. The monoisotopic (exact) mass is 97.0 g/mol. The Morgan fingerprint density at radius 1 is 1.20 bits per heavy atom. The quantitative estimate of drug-likeness (QED) is 0.331. The van der Waals surface area contributed by atoms with Crippen LogP contribution in [0.15, 0.2) is 0 Å². The van der Waals surface area contributed by atoms with Gasteiger partial charge in [0.2, 0.25) is 0 Å². The number of quaternary nitrogens is 1. The first-order valence-corrected chi connectivity index (χ1v) is 1.08. The topological polar surface area (TPSA) is 49.0 Å². The zero-order chi connectivity index (χ0) is 2.12. The lowest BCUT2D eigenvalue weighted by Crippen LogP contribution is -3.00. The van der Waals surface area contributed by atoms with Gasteiger partial charge in [-0.15, -0.1) is 0 Å². The van der Waals surface area contributed by atoms with Gasteiger partial charge >= 0.3 is 0 Å². The molecule has 0 unspecified atom stereocenters. The molecule has 0 aromatic heterocycles. The highest BCUT2D eigenvalue weighted by Gasteiger charge is 1.94. The van der Waals surface area contributed by atoms with E-state index >= 15 is 0 Å². The van der Waals surface area contributed by atoms with E-state index in [0.717, 1.165) is 13.2 Å². The third kappa shape index (κ3) is 14.0. The molecule has 0 aromatic rings. The molecule has 1 fully saturated rings. The van der Waals surface area contributed by atoms with Gasteiger partial charge in [-0.2, -0.15) is 0 Å². The number of rotatable bonds is 0. The van der Waals surface area contributed by atoms with Crippen LogP contribution in [0.25, 0.3) is 0 Å². The Hall–Kier alpha value is 0.210. The highest BCUT2D eigenvalue weighted by atomic mass is 35.5. The average molecular weight is 97.5 g/mol. The summed E-state index contributed by atoms with van der Waals surface area (Å²) in [6, 6.07) is 0. The summed E-state index contributed by atoms with van der Waals surface area (Å²) in [6.45, 7) is 2.00. The summed E-state index contributed by atoms with van der Waals surface area (Å²) in [5.74, 6) is 0. The van der Waals surface area contributed by atoms with E-state index < -0.39 is 0 Å². The molecular weight excluding hydrogens is 89.5 g/mol. The van der Waals surface area contributed by atoms with Crippen LogP contribution in [-0.4, -0.2) is 13.2 Å². The second-order valence-corrected chi connectivity index (χ2v) is 0.612. The molecule has 1 aliphatic heterocycles. The van der Waals surface area contributed by atoms with Crippen molar-refractivity contribution in [3.63, 3.8) is 0 Å². The van der Waals surface area contributed by atoms with Gasteiger partial charge in [0.1, 0.15) is 0 Å². The minimum Gasteiger partial charge on any atom is -1.00 e. The van der Waals surface area contributed by atoms with E-state index in [2.05, 4.69) is 4.74 Å². The van der Waals surface area contributed by atoms with Gasteiger partial charge in [0.05, 0.1) is 13.2 Å². The molecule has 0 saturated carbocycles. The number of hydrogen-bond donors (Lipinski definition) is 1. The van der Waals surface area contributed by atoms with E-state index in [1.165, 1.54) is 0 Å². The van der Waals surface area contributed by atoms with Crippen molar-refractivity contribution in [3.8, 4) is 0 Å². The Balaban J connectivity index is 0. The molecule has 34 valence electrons. The summed E-state index contributed by atoms with van der Waals surface area (Å²) in [6.07, 6.45) is 0. The smallest absolute Gasteiger partial charge is 0.0701 e. The fraction of sp³-hybridized carbons (Fsp3) is 1.00. The van der Waals surface area contributed by atoms with Crippen LogP contribution in [0.5, 0.6) is 0 Å². The lowest BCUT2D eigenvalue weighted by molar-refractivity contribution is -0.00000140. The van der Waals surface area contributed by atoms with Crippen LogP contribution in [0.3, 0.4) is 0 Å². The van der Waals surface area contributed by atoms with Crippen molar-refractivity contribution in [2.45, 2.75) is 0 Å². The van der Waals surface area contributed by atoms with Crippen LogP contribution >= 0.6 is 0 Å². The summed E-state index contributed by atoms with van der Waals surface area (Å²) in [5.41, 5.74) is 0. The molecule has 3 heteroatoms. The van der Waals surface area contributed by atoms with Gasteiger partial charge < -0.3 is 23.3 Å². The predicted molar refractivity (Wildman–Crippen MR) is 16.8 cm³/mol. The molecule has 5 heavy (non-hydrogen) atoms. The van der Waals surface area contributed by atoms with Gasteiger partial charge in [-0.05, 0) is 0 Å². The molecule has 2 nitrogen and oxygen atoms in total. The van der Waals surface area contributed by atoms with Gasteiger partial charge in [-0.3, -0.25) is 0 Å². The number of hydrogen-bond acceptors (Lipinski definition) is 1. The number of halogens is 1. The Morgan fingerprint density at radius 3 is 1.40 bits per heavy atom. The second kappa shape index (κ2) is 4.21. The predicted octanol–water partition coefficient (Wildman–Crippen LogP) is -2.60. The molecule has 1 aliphatic rings. The van der Waals surface area contributed by atoms with E-state index in [0.29, 0.717) is 0 Å². The van der Waals surface area contributed by atoms with E-state index in [1.807, 2.05) is 0 Å². The van der Waals surface area contributed by atoms with Crippen LogP contribution in [0.2, 0.25) is 0 Å². The maximum atomic E-state index is 4.50. The SMILES string of the molecule is C1CO1.[Cl-].[NH4+]. The Kier molecular flexibility index (Phi) is 7.55. The first kappa shape index (κ1) is 8.96. The summed E-state index contributed by atoms with van der Waals surface area (Å²) in [5, 5.41) is 0. The molecule has 0 aliphatic carbocycles. The molecule has 1 rings (SSSR count). The van der Waals surface area contributed by atoms with E-state index in [-0.39, 0.29) is 18.6 Å². The molecule has 0 amide bonds. The first-order valence-electron chi connectivity index (χ1n) is 1.08. The Bertz CT molecular complexity index is 14.4. The minimum atomic E-state index is 0. The van der Waals surface area contributed by atoms with Gasteiger partial charge in [-0.25, -0.2) is 0 Å². The molecule has 0 atom stereocenters. The van der Waals surface area contributed by atoms with Crippen molar-refractivity contribution >= 4 is 0 Å². The van der Waals surface area contributed by atoms with Gasteiger partial charge in [0, 0.05) is 0 Å². The maximum Gasteiger partial charge on any atom is 0.0701 e. The van der Waals surface area contributed by atoms with Crippen molar-refractivity contribution < 1.29 is 17.1 Å². The van der Waals surface area contributed by atoms with Crippen LogP contribution in [0.1, 0.15) is 0 Å². The van der Waals surface area contributed by atoms with Crippen LogP contribution < -0.4 is 18.6 Å². The van der Waals surface area contributed by atoms with Crippen molar-refractivity contribution in [1.29, 1.82) is 0 Å². The molecule has 0 bridgehead atoms. The zero-order valence-electron chi connectivity index (χ0n) is 3.20. The fourth-order valence-corrected chi connectivity index (χ4v) is 0. The van der Waals surface area contributed by atoms with Crippen molar-refractivity contribution in [3.05, 3.63) is 0 Å². The molecule has 0 spiro atoms. The summed E-state index contributed by atoms with van der Waals surface area (Å²) < 4.78 is 4.50. The van der Waals surface area contributed by atoms with E-state index in [1.54, 1.807) is 0 Å². The normalized spacial score (nSPS) is 14.4. The fourth-order valence-electron chi connectivity index (χ4n) is 0. The average Bonchev–Trinajstić information content (AvgIpc) is 1.46. The highest BCUT2D eigenvalue weighted by molar-refractivity contribution is 4.36. The van der Waals surface area contributed by atoms with E-state index in [4.69, 9.17) is 0 Å². The Morgan fingerprint density at radius 2 is 1.40 bits per heavy atom. The van der Waals surface area contributed by atoms with Crippen molar-refractivity contribution in [2.24, 2.45) is 0 Å². The molecule has 1 saturated heterocycles. The molecule has 0 aromatic carbocycles. The third-order valence-electron chi connectivity index (χ3n) is 0.204. The van der Waals surface area contributed by atoms with Crippen molar-refractivity contribution in [1.82, 2.24) is 6.15 Å². The summed E-state index contributed by atoms with van der Waals surface area (Å²) in [7, 11) is 0. The van der Waals surface area contributed by atoms with Crippen molar-refractivity contribution in [2.75, 3.05) is 13.2 Å². The van der Waals surface area contributed by atoms with Crippen LogP contribution in [-0.2, 0) is 4.74 Å². The molecule has 1 heterocycles. The lowest BCUT2D eigenvalue weighted by atomic mass is 11.0.